The van der Waals surface area contributed by atoms with E-state index in [1.807, 2.05) is 6.08 Å². The van der Waals surface area contributed by atoms with Crippen LogP contribution in [-0.2, 0) is 9.59 Å². The minimum absolute atomic E-state index is 0.242. The van der Waals surface area contributed by atoms with Gasteiger partial charge in [-0.25, -0.2) is 0 Å². The predicted molar refractivity (Wildman–Crippen MR) is 86.3 cm³/mol. The van der Waals surface area contributed by atoms with Crippen LogP contribution in [0.4, 0.5) is 0 Å². The molecule has 4 nitrogen and oxygen atoms in total. The van der Waals surface area contributed by atoms with Gasteiger partial charge in [0.2, 0.25) is 5.91 Å². The number of carboxylic acids is 1. The Morgan fingerprint density at radius 3 is 2.00 bits per heavy atom. The summed E-state index contributed by atoms with van der Waals surface area (Å²) in [6.45, 7) is 1.99. The van der Waals surface area contributed by atoms with Gasteiger partial charge in [-0.15, -0.1) is 0 Å². The molecule has 0 rings (SSSR count). The monoisotopic (exact) mass is 297 g/mol. The van der Waals surface area contributed by atoms with E-state index in [-0.39, 0.29) is 12.5 Å². The van der Waals surface area contributed by atoms with Gasteiger partial charge in [0, 0.05) is 7.05 Å². The van der Waals surface area contributed by atoms with Crippen LogP contribution >= 0.6 is 0 Å². The molecule has 0 aromatic carbocycles. The molecular weight excluding hydrogens is 266 g/mol. The lowest BCUT2D eigenvalue weighted by atomic mass is 10.1. The van der Waals surface area contributed by atoms with Crippen molar-refractivity contribution < 1.29 is 14.7 Å². The van der Waals surface area contributed by atoms with E-state index in [1.54, 1.807) is 0 Å². The topological polar surface area (TPSA) is 57.6 Å². The van der Waals surface area contributed by atoms with E-state index in [4.69, 9.17) is 5.11 Å². The van der Waals surface area contributed by atoms with Crippen molar-refractivity contribution in [3.05, 3.63) is 12.2 Å². The summed E-state index contributed by atoms with van der Waals surface area (Å²) < 4.78 is 0. The number of carbonyl (C=O) groups excluding carboxylic acids is 1. The maximum Gasteiger partial charge on any atom is 0.323 e. The molecule has 0 heterocycles. The van der Waals surface area contributed by atoms with Crippen LogP contribution in [0.1, 0.15) is 71.1 Å². The van der Waals surface area contributed by atoms with Crippen molar-refractivity contribution in [2.45, 2.75) is 71.1 Å². The number of nitrogens with zero attached hydrogens (tertiary/aromatic N) is 1. The van der Waals surface area contributed by atoms with Crippen molar-refractivity contribution in [3.63, 3.8) is 0 Å². The summed E-state index contributed by atoms with van der Waals surface area (Å²) in [4.78, 5) is 23.2. The molecule has 0 spiro atoms. The molecule has 0 unspecified atom stereocenters. The molecule has 0 aromatic rings. The third-order valence-corrected chi connectivity index (χ3v) is 3.48. The van der Waals surface area contributed by atoms with E-state index in [9.17, 15) is 9.59 Å². The first kappa shape index (κ1) is 19.7. The number of likely N-dealkylation sites (N-methyl/N-ethyl adjacent to an activating group) is 1. The second kappa shape index (κ2) is 13.7. The molecule has 0 aliphatic heterocycles. The maximum absolute atomic E-state index is 11.5. The summed E-state index contributed by atoms with van der Waals surface area (Å²) in [7, 11) is 1.50. The number of aliphatic carboxylic acids is 1. The number of amides is 1. The molecular formula is C17H31NO3. The van der Waals surface area contributed by atoms with E-state index in [2.05, 4.69) is 6.92 Å². The number of carbonyl (C=O) groups is 2. The fourth-order valence-electron chi connectivity index (χ4n) is 2.17. The number of hydrogen-bond donors (Lipinski definition) is 1. The van der Waals surface area contributed by atoms with Crippen LogP contribution < -0.4 is 0 Å². The smallest absolute Gasteiger partial charge is 0.323 e. The van der Waals surface area contributed by atoms with E-state index in [1.165, 1.54) is 69.4 Å². The number of rotatable bonds is 13. The number of carboxylic acid groups (broad SMARTS) is 1. The quantitative estimate of drug-likeness (QED) is 0.413. The predicted octanol–water partition coefficient (Wildman–Crippen LogP) is 4.01. The van der Waals surface area contributed by atoms with Crippen LogP contribution in [0.3, 0.4) is 0 Å². The van der Waals surface area contributed by atoms with Crippen molar-refractivity contribution in [2.24, 2.45) is 0 Å². The molecule has 0 aromatic heterocycles. The van der Waals surface area contributed by atoms with Crippen molar-refractivity contribution in [2.75, 3.05) is 13.6 Å². The Morgan fingerprint density at radius 2 is 1.48 bits per heavy atom. The van der Waals surface area contributed by atoms with E-state index in [0.29, 0.717) is 0 Å². The van der Waals surface area contributed by atoms with Crippen molar-refractivity contribution in [3.8, 4) is 0 Å². The Kier molecular flexibility index (Phi) is 12.8. The molecule has 0 aliphatic rings. The lowest BCUT2D eigenvalue weighted by molar-refractivity contribution is -0.141. The minimum atomic E-state index is -0.988. The lowest BCUT2D eigenvalue weighted by Gasteiger charge is -2.11. The highest BCUT2D eigenvalue weighted by molar-refractivity contribution is 5.89. The highest BCUT2D eigenvalue weighted by Crippen LogP contribution is 2.10. The molecule has 0 radical (unpaired) electrons. The Morgan fingerprint density at radius 1 is 0.952 bits per heavy atom. The van der Waals surface area contributed by atoms with Crippen LogP contribution in [0.2, 0.25) is 0 Å². The van der Waals surface area contributed by atoms with E-state index in [0.717, 1.165) is 12.8 Å². The Bertz CT molecular complexity index is 313. The van der Waals surface area contributed by atoms with Crippen LogP contribution in [0.25, 0.3) is 0 Å². The fourth-order valence-corrected chi connectivity index (χ4v) is 2.17. The van der Waals surface area contributed by atoms with Gasteiger partial charge in [-0.2, -0.15) is 0 Å². The van der Waals surface area contributed by atoms with Crippen LogP contribution in [0, 0.1) is 0 Å². The molecule has 0 saturated heterocycles. The van der Waals surface area contributed by atoms with Crippen molar-refractivity contribution >= 4 is 11.9 Å². The molecule has 122 valence electrons. The standard InChI is InChI=1S/C17H31NO3/c1-3-4-5-6-7-8-9-10-11-12-13-14-16(19)18(2)15-17(20)21/h13-14H,3-12,15H2,1-2H3,(H,20,21). The minimum Gasteiger partial charge on any atom is -0.480 e. The summed E-state index contributed by atoms with van der Waals surface area (Å²) in [5.41, 5.74) is 0. The lowest BCUT2D eigenvalue weighted by Crippen LogP contribution is -2.30. The van der Waals surface area contributed by atoms with Gasteiger partial charge in [-0.1, -0.05) is 64.4 Å². The molecule has 0 saturated carbocycles. The largest absolute Gasteiger partial charge is 0.480 e. The summed E-state index contributed by atoms with van der Waals surface area (Å²) in [6.07, 6.45) is 15.8. The first-order valence-corrected chi connectivity index (χ1v) is 8.21. The summed E-state index contributed by atoms with van der Waals surface area (Å²) in [5, 5.41) is 8.57. The molecule has 21 heavy (non-hydrogen) atoms. The molecule has 0 aliphatic carbocycles. The first-order chi connectivity index (χ1) is 10.1. The van der Waals surface area contributed by atoms with Gasteiger partial charge in [0.15, 0.2) is 0 Å². The highest BCUT2D eigenvalue weighted by atomic mass is 16.4. The van der Waals surface area contributed by atoms with Crippen molar-refractivity contribution in [1.29, 1.82) is 0 Å². The highest BCUT2D eigenvalue weighted by Gasteiger charge is 2.07. The zero-order chi connectivity index (χ0) is 15.9. The van der Waals surface area contributed by atoms with Gasteiger partial charge in [0.05, 0.1) is 0 Å². The zero-order valence-electron chi connectivity index (χ0n) is 13.6. The first-order valence-electron chi connectivity index (χ1n) is 8.21. The average molecular weight is 297 g/mol. The van der Waals surface area contributed by atoms with Crippen LogP contribution in [0.5, 0.6) is 0 Å². The van der Waals surface area contributed by atoms with Gasteiger partial charge in [0.1, 0.15) is 6.54 Å². The van der Waals surface area contributed by atoms with Gasteiger partial charge >= 0.3 is 5.97 Å². The second-order valence-corrected chi connectivity index (χ2v) is 5.61. The van der Waals surface area contributed by atoms with Gasteiger partial charge in [-0.3, -0.25) is 9.59 Å². The third-order valence-electron chi connectivity index (χ3n) is 3.48. The second-order valence-electron chi connectivity index (χ2n) is 5.61. The van der Waals surface area contributed by atoms with Gasteiger partial charge in [-0.05, 0) is 18.9 Å². The Labute approximate surface area is 129 Å². The zero-order valence-corrected chi connectivity index (χ0v) is 13.6. The van der Waals surface area contributed by atoms with Gasteiger partial charge < -0.3 is 10.0 Å². The van der Waals surface area contributed by atoms with Crippen molar-refractivity contribution in [1.82, 2.24) is 4.90 Å². The summed E-state index contributed by atoms with van der Waals surface area (Å²) in [6, 6.07) is 0. The van der Waals surface area contributed by atoms with E-state index >= 15 is 0 Å². The normalized spacial score (nSPS) is 11.0. The molecule has 0 bridgehead atoms. The summed E-state index contributed by atoms with van der Waals surface area (Å²) >= 11 is 0. The summed E-state index contributed by atoms with van der Waals surface area (Å²) in [5.74, 6) is -1.23. The Balaban J connectivity index is 3.43. The molecule has 0 fully saturated rings. The maximum atomic E-state index is 11.5. The third kappa shape index (κ3) is 13.4. The fraction of sp³-hybridized carbons (Fsp3) is 0.765. The number of hydrogen-bond acceptors (Lipinski definition) is 2. The molecule has 4 heteroatoms. The number of allylic oxidation sites excluding steroid dienone is 1. The average Bonchev–Trinajstić information content (AvgIpc) is 2.43. The van der Waals surface area contributed by atoms with Gasteiger partial charge in [0.25, 0.3) is 0 Å². The molecule has 0 atom stereocenters. The van der Waals surface area contributed by atoms with E-state index < -0.39 is 5.97 Å². The number of unbranched alkanes of at least 4 members (excludes halogenated alkanes) is 9. The molecule has 1 amide bonds. The molecule has 1 N–H and O–H groups in total. The van der Waals surface area contributed by atoms with Crippen LogP contribution in [-0.4, -0.2) is 35.5 Å². The Hall–Kier alpha value is -1.32. The van der Waals surface area contributed by atoms with Crippen LogP contribution in [0.15, 0.2) is 12.2 Å². The SMILES string of the molecule is CCCCCCCCCCCC=CC(=O)N(C)CC(=O)O.